The van der Waals surface area contributed by atoms with Crippen LogP contribution in [0.3, 0.4) is 0 Å². The number of allylic oxidation sites excluding steroid dienone is 2. The first-order valence-electron chi connectivity index (χ1n) is 7.88. The van der Waals surface area contributed by atoms with Crippen LogP contribution in [-0.4, -0.2) is 18.9 Å². The van der Waals surface area contributed by atoms with Crippen LogP contribution in [0.25, 0.3) is 0 Å². The zero-order chi connectivity index (χ0) is 15.1. The number of carbonyl (C=O) groups excluding carboxylic acids is 2. The van der Waals surface area contributed by atoms with Gasteiger partial charge in [-0.1, -0.05) is 24.3 Å². The van der Waals surface area contributed by atoms with E-state index in [0.717, 1.165) is 12.8 Å². The summed E-state index contributed by atoms with van der Waals surface area (Å²) in [5.74, 6) is 0.706. The highest BCUT2D eigenvalue weighted by molar-refractivity contribution is 6.23. The van der Waals surface area contributed by atoms with Crippen molar-refractivity contribution < 1.29 is 14.3 Å². The van der Waals surface area contributed by atoms with Gasteiger partial charge in [0.05, 0.1) is 24.6 Å². The lowest BCUT2D eigenvalue weighted by molar-refractivity contribution is -0.123. The van der Waals surface area contributed by atoms with Crippen molar-refractivity contribution in [3.8, 4) is 5.75 Å². The molecular weight excluding hydrogens is 278 g/mol. The Morgan fingerprint density at radius 1 is 1.05 bits per heavy atom. The van der Waals surface area contributed by atoms with Crippen LogP contribution in [0.2, 0.25) is 0 Å². The van der Waals surface area contributed by atoms with Crippen molar-refractivity contribution in [1.82, 2.24) is 0 Å². The van der Waals surface area contributed by atoms with E-state index in [4.69, 9.17) is 4.74 Å². The maximum absolute atomic E-state index is 13.0. The number of fused-ring (bicyclic) bond motifs is 3. The SMILES string of the molecule is COc1ccccc1N1C(=O)[C@H]2[C@H](C1=O)[C@@H]1C=C[C@H]2C12CC2. The number of carbonyl (C=O) groups is 2. The minimum atomic E-state index is -0.157. The Morgan fingerprint density at radius 3 is 2.18 bits per heavy atom. The van der Waals surface area contributed by atoms with Crippen molar-refractivity contribution in [2.75, 3.05) is 12.0 Å². The van der Waals surface area contributed by atoms with E-state index in [0.29, 0.717) is 11.4 Å². The molecule has 2 saturated carbocycles. The van der Waals surface area contributed by atoms with Gasteiger partial charge in [0.1, 0.15) is 5.75 Å². The van der Waals surface area contributed by atoms with Crippen molar-refractivity contribution >= 4 is 17.5 Å². The summed E-state index contributed by atoms with van der Waals surface area (Å²) in [6, 6.07) is 7.26. The van der Waals surface area contributed by atoms with E-state index < -0.39 is 0 Å². The number of hydrogen-bond acceptors (Lipinski definition) is 3. The molecule has 0 radical (unpaired) electrons. The van der Waals surface area contributed by atoms with Gasteiger partial charge in [-0.15, -0.1) is 0 Å². The molecule has 3 fully saturated rings. The van der Waals surface area contributed by atoms with E-state index in [2.05, 4.69) is 12.2 Å². The molecule has 22 heavy (non-hydrogen) atoms. The number of para-hydroxylation sites is 2. The van der Waals surface area contributed by atoms with Crippen LogP contribution in [0.1, 0.15) is 12.8 Å². The lowest BCUT2D eigenvalue weighted by Crippen LogP contribution is -2.35. The van der Waals surface area contributed by atoms with Gasteiger partial charge >= 0.3 is 0 Å². The summed E-state index contributed by atoms with van der Waals surface area (Å²) in [6.07, 6.45) is 6.71. The third-order valence-corrected chi connectivity index (χ3v) is 6.18. The molecule has 1 aromatic rings. The monoisotopic (exact) mass is 295 g/mol. The van der Waals surface area contributed by atoms with E-state index >= 15 is 0 Å². The molecule has 2 bridgehead atoms. The van der Waals surface area contributed by atoms with Crippen molar-refractivity contribution in [1.29, 1.82) is 0 Å². The summed E-state index contributed by atoms with van der Waals surface area (Å²) in [7, 11) is 1.56. The normalized spacial score (nSPS) is 36.3. The average Bonchev–Trinajstić information content (AvgIpc) is 3.13. The molecule has 1 aliphatic heterocycles. The number of amides is 2. The molecule has 4 nitrogen and oxygen atoms in total. The van der Waals surface area contributed by atoms with Crippen molar-refractivity contribution in [3.63, 3.8) is 0 Å². The first-order chi connectivity index (χ1) is 10.7. The van der Waals surface area contributed by atoms with Crippen molar-refractivity contribution in [2.45, 2.75) is 12.8 Å². The fourth-order valence-electron chi connectivity index (χ4n) is 5.13. The molecule has 4 aliphatic rings. The Hall–Kier alpha value is -2.10. The summed E-state index contributed by atoms with van der Waals surface area (Å²) >= 11 is 0. The number of methoxy groups -OCH3 is 1. The molecule has 1 aromatic carbocycles. The number of rotatable bonds is 2. The van der Waals surface area contributed by atoms with Crippen LogP contribution in [0.5, 0.6) is 5.75 Å². The molecule has 112 valence electrons. The summed E-state index contributed by atoms with van der Waals surface area (Å²) in [4.78, 5) is 27.3. The largest absolute Gasteiger partial charge is 0.495 e. The van der Waals surface area contributed by atoms with Crippen LogP contribution in [0.4, 0.5) is 5.69 Å². The van der Waals surface area contributed by atoms with E-state index in [9.17, 15) is 9.59 Å². The van der Waals surface area contributed by atoms with Gasteiger partial charge in [-0.25, -0.2) is 4.90 Å². The Morgan fingerprint density at radius 2 is 1.64 bits per heavy atom. The first-order valence-corrected chi connectivity index (χ1v) is 7.88. The standard InChI is InChI=1S/C18H17NO3/c1-22-13-5-3-2-4-12(13)19-16(20)14-10-6-7-11(15(14)17(19)21)18(10)8-9-18/h2-7,10-11,14-15H,8-9H2,1H3/t10-,11+,14-,15-/m1/s1. The van der Waals surface area contributed by atoms with Gasteiger partial charge in [-0.05, 0) is 42.2 Å². The molecule has 1 saturated heterocycles. The summed E-state index contributed by atoms with van der Waals surface area (Å²) in [5.41, 5.74) is 0.826. The Balaban J connectivity index is 1.59. The van der Waals surface area contributed by atoms with Gasteiger partial charge in [0.25, 0.3) is 0 Å². The third kappa shape index (κ3) is 1.21. The lowest BCUT2D eigenvalue weighted by Gasteiger charge is -2.22. The second kappa shape index (κ2) is 3.80. The summed E-state index contributed by atoms with van der Waals surface area (Å²) in [5, 5.41) is 0. The zero-order valence-corrected chi connectivity index (χ0v) is 12.4. The number of benzene rings is 1. The molecule has 0 N–H and O–H groups in total. The van der Waals surface area contributed by atoms with Gasteiger partial charge in [0.2, 0.25) is 11.8 Å². The van der Waals surface area contributed by atoms with Crippen LogP contribution >= 0.6 is 0 Å². The highest BCUT2D eigenvalue weighted by Crippen LogP contribution is 2.73. The van der Waals surface area contributed by atoms with Gasteiger partial charge in [-0.2, -0.15) is 0 Å². The van der Waals surface area contributed by atoms with Crippen LogP contribution in [0, 0.1) is 29.1 Å². The maximum Gasteiger partial charge on any atom is 0.238 e. The van der Waals surface area contributed by atoms with Crippen molar-refractivity contribution in [3.05, 3.63) is 36.4 Å². The highest BCUT2D eigenvalue weighted by atomic mass is 16.5. The average molecular weight is 295 g/mol. The second-order valence-corrected chi connectivity index (χ2v) is 6.90. The van der Waals surface area contributed by atoms with E-state index in [1.807, 2.05) is 12.1 Å². The predicted molar refractivity (Wildman–Crippen MR) is 80.3 cm³/mol. The summed E-state index contributed by atoms with van der Waals surface area (Å²) in [6.45, 7) is 0. The van der Waals surface area contributed by atoms with Gasteiger partial charge < -0.3 is 4.74 Å². The smallest absolute Gasteiger partial charge is 0.238 e. The van der Waals surface area contributed by atoms with Crippen molar-refractivity contribution in [2.24, 2.45) is 29.1 Å². The molecule has 3 aliphatic carbocycles. The van der Waals surface area contributed by atoms with E-state index in [1.54, 1.807) is 19.2 Å². The van der Waals surface area contributed by atoms with Crippen LogP contribution in [0.15, 0.2) is 36.4 Å². The predicted octanol–water partition coefficient (Wildman–Crippen LogP) is 2.40. The Labute approximate surface area is 128 Å². The number of nitrogens with zero attached hydrogens (tertiary/aromatic N) is 1. The molecule has 1 heterocycles. The molecule has 0 unspecified atom stereocenters. The van der Waals surface area contributed by atoms with Crippen LogP contribution < -0.4 is 9.64 Å². The molecular formula is C18H17NO3. The van der Waals surface area contributed by atoms with E-state index in [-0.39, 0.29) is 40.9 Å². The molecule has 1 spiro atoms. The first kappa shape index (κ1) is 12.4. The Bertz CT molecular complexity index is 700. The van der Waals surface area contributed by atoms with Gasteiger partial charge in [0, 0.05) is 0 Å². The number of imide groups is 1. The molecule has 4 atom stereocenters. The van der Waals surface area contributed by atoms with E-state index in [1.165, 1.54) is 4.90 Å². The number of hydrogen-bond donors (Lipinski definition) is 0. The quantitative estimate of drug-likeness (QED) is 0.622. The van der Waals surface area contributed by atoms with Crippen LogP contribution in [-0.2, 0) is 9.59 Å². The fraction of sp³-hybridized carbons (Fsp3) is 0.444. The number of anilines is 1. The van der Waals surface area contributed by atoms with Gasteiger partial charge in [0.15, 0.2) is 0 Å². The summed E-state index contributed by atoms with van der Waals surface area (Å²) < 4.78 is 5.34. The third-order valence-electron chi connectivity index (χ3n) is 6.18. The highest BCUT2D eigenvalue weighted by Gasteiger charge is 2.73. The molecule has 4 heteroatoms. The minimum Gasteiger partial charge on any atom is -0.495 e. The topological polar surface area (TPSA) is 46.6 Å². The molecule has 2 amide bonds. The fourth-order valence-corrected chi connectivity index (χ4v) is 5.13. The minimum absolute atomic E-state index is 0.0392. The zero-order valence-electron chi connectivity index (χ0n) is 12.4. The molecule has 0 aromatic heterocycles. The second-order valence-electron chi connectivity index (χ2n) is 6.90. The molecule has 5 rings (SSSR count). The number of ether oxygens (including phenoxy) is 1. The van der Waals surface area contributed by atoms with Gasteiger partial charge in [-0.3, -0.25) is 9.59 Å². The maximum atomic E-state index is 13.0. The Kier molecular flexibility index (Phi) is 2.15. The lowest BCUT2D eigenvalue weighted by atomic mass is 9.85.